The van der Waals surface area contributed by atoms with Crippen LogP contribution >= 0.6 is 0 Å². The van der Waals surface area contributed by atoms with Crippen molar-refractivity contribution in [2.45, 2.75) is 38.3 Å². The van der Waals surface area contributed by atoms with Crippen LogP contribution in [0.15, 0.2) is 48.5 Å². The maximum atomic E-state index is 13.3. The number of carbonyl (C=O) groups excluding carboxylic acids is 1. The molecule has 6 heteroatoms. The molecule has 142 valence electrons. The molecular weight excluding hydrogens is 347 g/mol. The van der Waals surface area contributed by atoms with Crippen LogP contribution in [-0.4, -0.2) is 23.0 Å². The zero-order chi connectivity index (χ0) is 19.2. The number of halogens is 1. The van der Waals surface area contributed by atoms with Crippen molar-refractivity contribution in [1.29, 1.82) is 0 Å². The quantitative estimate of drug-likeness (QED) is 0.722. The van der Waals surface area contributed by atoms with Crippen LogP contribution < -0.4 is 10.6 Å². The number of hydrogen-bond donors (Lipinski definition) is 3. The van der Waals surface area contributed by atoms with Gasteiger partial charge in [-0.05, 0) is 61.6 Å². The fraction of sp³-hybridized carbons (Fsp3) is 0.333. The average molecular weight is 370 g/mol. The number of benzene rings is 2. The third kappa shape index (κ3) is 5.37. The lowest BCUT2D eigenvalue weighted by atomic mass is 9.86. The molecule has 1 aliphatic carbocycles. The number of rotatable bonds is 6. The highest BCUT2D eigenvalue weighted by Crippen LogP contribution is 2.24. The van der Waals surface area contributed by atoms with E-state index in [0.29, 0.717) is 31.1 Å². The maximum absolute atomic E-state index is 13.3. The lowest BCUT2D eigenvalue weighted by molar-refractivity contribution is -0.142. The molecule has 1 fully saturated rings. The Morgan fingerprint density at radius 2 is 1.78 bits per heavy atom. The number of nitrogens with one attached hydrogen (secondary N) is 2. The summed E-state index contributed by atoms with van der Waals surface area (Å²) in [5.74, 6) is -1.72. The highest BCUT2D eigenvalue weighted by molar-refractivity contribution is 6.04. The van der Waals surface area contributed by atoms with E-state index in [4.69, 9.17) is 5.11 Å². The Balaban J connectivity index is 1.53. The van der Waals surface area contributed by atoms with E-state index in [9.17, 15) is 14.0 Å². The summed E-state index contributed by atoms with van der Waals surface area (Å²) in [4.78, 5) is 23.2. The fourth-order valence-electron chi connectivity index (χ4n) is 3.40. The number of aliphatic carboxylic acids is 1. The predicted octanol–water partition coefficient (Wildman–Crippen LogP) is 3.81. The Morgan fingerprint density at radius 1 is 1.04 bits per heavy atom. The number of carboxylic acids is 1. The molecule has 0 saturated heterocycles. The predicted molar refractivity (Wildman–Crippen MR) is 101 cm³/mol. The highest BCUT2D eigenvalue weighted by atomic mass is 19.1. The molecule has 0 bridgehead atoms. The molecule has 1 amide bonds. The van der Waals surface area contributed by atoms with Gasteiger partial charge in [-0.2, -0.15) is 0 Å². The summed E-state index contributed by atoms with van der Waals surface area (Å²) in [6.07, 6.45) is 3.12. The molecule has 0 heterocycles. The second-order valence-corrected chi connectivity index (χ2v) is 6.93. The number of carboxylic acid groups (broad SMARTS) is 1. The van der Waals surface area contributed by atoms with E-state index in [1.54, 1.807) is 12.1 Å². The third-order valence-electron chi connectivity index (χ3n) is 4.94. The largest absolute Gasteiger partial charge is 0.481 e. The second kappa shape index (κ2) is 8.77. The van der Waals surface area contributed by atoms with E-state index in [2.05, 4.69) is 10.6 Å². The average Bonchev–Trinajstić information content (AvgIpc) is 2.67. The van der Waals surface area contributed by atoms with Gasteiger partial charge in [0.2, 0.25) is 0 Å². The lowest BCUT2D eigenvalue weighted by Crippen LogP contribution is -2.34. The maximum Gasteiger partial charge on any atom is 0.306 e. The van der Waals surface area contributed by atoms with Crippen LogP contribution in [0.25, 0.3) is 0 Å². The normalized spacial score (nSPS) is 19.4. The second-order valence-electron chi connectivity index (χ2n) is 6.93. The first kappa shape index (κ1) is 19.0. The SMILES string of the molecule is O=C(Nc1cccc(CNC2CCC(C(=O)O)CC2)c1)c1cccc(F)c1. The van der Waals surface area contributed by atoms with Crippen molar-refractivity contribution >= 4 is 17.6 Å². The van der Waals surface area contributed by atoms with E-state index < -0.39 is 11.8 Å². The van der Waals surface area contributed by atoms with Crippen LogP contribution in [0.5, 0.6) is 0 Å². The van der Waals surface area contributed by atoms with Gasteiger partial charge in [-0.3, -0.25) is 9.59 Å². The van der Waals surface area contributed by atoms with E-state index in [1.165, 1.54) is 18.2 Å². The molecule has 2 aromatic rings. The molecule has 2 aromatic carbocycles. The summed E-state index contributed by atoms with van der Waals surface area (Å²) in [5, 5.41) is 15.3. The molecule has 5 nitrogen and oxygen atoms in total. The first-order chi connectivity index (χ1) is 13.0. The van der Waals surface area contributed by atoms with Crippen LogP contribution in [0.3, 0.4) is 0 Å². The Bertz CT molecular complexity index is 817. The van der Waals surface area contributed by atoms with E-state index in [-0.39, 0.29) is 17.4 Å². The van der Waals surface area contributed by atoms with Gasteiger partial charge in [-0.25, -0.2) is 4.39 Å². The molecule has 1 saturated carbocycles. The topological polar surface area (TPSA) is 78.4 Å². The molecule has 0 spiro atoms. The van der Waals surface area contributed by atoms with Gasteiger partial charge >= 0.3 is 5.97 Å². The minimum Gasteiger partial charge on any atom is -0.481 e. The molecule has 0 radical (unpaired) electrons. The Labute approximate surface area is 157 Å². The van der Waals surface area contributed by atoms with Gasteiger partial charge in [0.25, 0.3) is 5.91 Å². The Hall–Kier alpha value is -2.73. The smallest absolute Gasteiger partial charge is 0.306 e. The number of amides is 1. The summed E-state index contributed by atoms with van der Waals surface area (Å²) < 4.78 is 13.3. The van der Waals surface area contributed by atoms with Crippen molar-refractivity contribution in [3.05, 3.63) is 65.5 Å². The number of carbonyl (C=O) groups is 2. The molecule has 3 rings (SSSR count). The van der Waals surface area contributed by atoms with Crippen molar-refractivity contribution in [2.24, 2.45) is 5.92 Å². The van der Waals surface area contributed by atoms with Crippen molar-refractivity contribution in [1.82, 2.24) is 5.32 Å². The van der Waals surface area contributed by atoms with Crippen molar-refractivity contribution in [3.8, 4) is 0 Å². The van der Waals surface area contributed by atoms with Gasteiger partial charge in [0.15, 0.2) is 0 Å². The van der Waals surface area contributed by atoms with E-state index in [0.717, 1.165) is 18.4 Å². The van der Waals surface area contributed by atoms with Gasteiger partial charge in [-0.1, -0.05) is 18.2 Å². The lowest BCUT2D eigenvalue weighted by Gasteiger charge is -2.27. The first-order valence-corrected chi connectivity index (χ1v) is 9.13. The molecule has 27 heavy (non-hydrogen) atoms. The Kier molecular flexibility index (Phi) is 6.19. The summed E-state index contributed by atoms with van der Waals surface area (Å²) in [6, 6.07) is 13.4. The van der Waals surface area contributed by atoms with Crippen molar-refractivity contribution in [2.75, 3.05) is 5.32 Å². The molecule has 0 aromatic heterocycles. The zero-order valence-corrected chi connectivity index (χ0v) is 15.0. The van der Waals surface area contributed by atoms with Crippen molar-refractivity contribution < 1.29 is 19.1 Å². The highest BCUT2D eigenvalue weighted by Gasteiger charge is 2.25. The van der Waals surface area contributed by atoms with Gasteiger partial charge in [0.1, 0.15) is 5.82 Å². The zero-order valence-electron chi connectivity index (χ0n) is 15.0. The molecule has 1 aliphatic rings. The first-order valence-electron chi connectivity index (χ1n) is 9.13. The molecule has 3 N–H and O–H groups in total. The van der Waals surface area contributed by atoms with Gasteiger partial charge in [0.05, 0.1) is 5.92 Å². The summed E-state index contributed by atoms with van der Waals surface area (Å²) in [6.45, 7) is 0.645. The number of hydrogen-bond acceptors (Lipinski definition) is 3. The molecular formula is C21H23FN2O3. The molecule has 0 atom stereocenters. The van der Waals surface area contributed by atoms with Crippen LogP contribution in [0.4, 0.5) is 10.1 Å². The van der Waals surface area contributed by atoms with Crippen LogP contribution in [0, 0.1) is 11.7 Å². The third-order valence-corrected chi connectivity index (χ3v) is 4.94. The van der Waals surface area contributed by atoms with E-state index >= 15 is 0 Å². The summed E-state index contributed by atoms with van der Waals surface area (Å²) in [5.41, 5.74) is 1.94. The van der Waals surface area contributed by atoms with Crippen LogP contribution in [-0.2, 0) is 11.3 Å². The minimum absolute atomic E-state index is 0.218. The summed E-state index contributed by atoms with van der Waals surface area (Å²) in [7, 11) is 0. The van der Waals surface area contributed by atoms with E-state index in [1.807, 2.05) is 18.2 Å². The monoisotopic (exact) mass is 370 g/mol. The van der Waals surface area contributed by atoms with Crippen LogP contribution in [0.2, 0.25) is 0 Å². The number of anilines is 1. The molecule has 0 aliphatic heterocycles. The van der Waals surface area contributed by atoms with Gasteiger partial charge < -0.3 is 15.7 Å². The van der Waals surface area contributed by atoms with Gasteiger partial charge in [0, 0.05) is 23.8 Å². The van der Waals surface area contributed by atoms with Crippen molar-refractivity contribution in [3.63, 3.8) is 0 Å². The Morgan fingerprint density at radius 3 is 2.48 bits per heavy atom. The fourth-order valence-corrected chi connectivity index (χ4v) is 3.40. The standard InChI is InChI=1S/C21H23FN2O3/c22-17-5-2-4-16(12-17)20(25)24-19-6-1-3-14(11-19)13-23-18-9-7-15(8-10-18)21(26)27/h1-6,11-12,15,18,23H,7-10,13H2,(H,24,25)(H,26,27). The van der Waals surface area contributed by atoms with Crippen LogP contribution in [0.1, 0.15) is 41.6 Å². The van der Waals surface area contributed by atoms with Gasteiger partial charge in [-0.15, -0.1) is 0 Å². The summed E-state index contributed by atoms with van der Waals surface area (Å²) >= 11 is 0. The minimum atomic E-state index is -0.699. The molecule has 0 unspecified atom stereocenters.